The molecule has 9 amide bonds. The van der Waals surface area contributed by atoms with Gasteiger partial charge in [0.1, 0.15) is 29.5 Å². The Morgan fingerprint density at radius 3 is 2.24 bits per heavy atom. The summed E-state index contributed by atoms with van der Waals surface area (Å²) in [5.74, 6) is -4.41. The van der Waals surface area contributed by atoms with Gasteiger partial charge >= 0.3 is 30.2 Å². The molecule has 0 aromatic heterocycles. The number of primary amides is 1. The zero-order valence-electron chi connectivity index (χ0n) is 55.5. The van der Waals surface area contributed by atoms with E-state index >= 15 is 0 Å². The third kappa shape index (κ3) is 24.9. The molecule has 0 radical (unpaired) electrons. The van der Waals surface area contributed by atoms with E-state index in [0.717, 1.165) is 4.90 Å². The number of hydrogen-bond acceptors (Lipinski definition) is 19. The Balaban J connectivity index is 1.12. The topological polar surface area (TPSA) is 368 Å². The quantitative estimate of drug-likeness (QED) is 0.00997. The lowest BCUT2D eigenvalue weighted by atomic mass is 9.88. The fourth-order valence-corrected chi connectivity index (χ4v) is 11.2. The number of aliphatic hydroxyl groups is 3. The molecule has 27 heteroatoms. The molecule has 0 spiro atoms. The molecule has 0 bridgehead atoms. The average molecular weight is 1310 g/mol. The van der Waals surface area contributed by atoms with Gasteiger partial charge in [0, 0.05) is 109 Å². The molecular formula is C66H99N9O18. The molecule has 5 rings (SSSR count). The number of cyclic esters (lactones) is 1. The fraction of sp³-hybridized carbons (Fsp3) is 0.636. The fourth-order valence-electron chi connectivity index (χ4n) is 11.2. The third-order valence-electron chi connectivity index (χ3n) is 17.0. The van der Waals surface area contributed by atoms with Crippen molar-refractivity contribution in [3.8, 4) is 5.75 Å². The Bertz CT molecular complexity index is 2850. The number of piperazine rings is 1. The smallest absolute Gasteiger partial charge is 0.415 e. The number of rotatable bonds is 30. The summed E-state index contributed by atoms with van der Waals surface area (Å²) in [6, 6.07) is 3.14. The number of carbonyl (C=O) groups is 10. The van der Waals surface area contributed by atoms with Crippen molar-refractivity contribution in [2.45, 2.75) is 193 Å². The van der Waals surface area contributed by atoms with Gasteiger partial charge in [0.05, 0.1) is 36.4 Å². The Kier molecular flexibility index (Phi) is 29.5. The van der Waals surface area contributed by atoms with Gasteiger partial charge in [0.15, 0.2) is 6.10 Å². The van der Waals surface area contributed by atoms with Crippen LogP contribution in [0.5, 0.6) is 5.75 Å². The normalized spacial score (nSPS) is 24.5. The summed E-state index contributed by atoms with van der Waals surface area (Å²) in [6.45, 7) is 17.8. The molecule has 12 atom stereocenters. The first-order chi connectivity index (χ1) is 43.9. The molecule has 27 nitrogen and oxygen atoms in total. The minimum Gasteiger partial charge on any atom is -0.457 e. The first-order valence-corrected chi connectivity index (χ1v) is 32.2. The molecule has 4 heterocycles. The Hall–Kier alpha value is -7.72. The summed E-state index contributed by atoms with van der Waals surface area (Å²) in [5.41, 5.74) is 3.45. The number of likely N-dealkylation sites (N-methyl/N-ethyl adjacent to an activating group) is 1. The number of unbranched alkanes of at least 4 members (excludes halogenated alkanes) is 2. The van der Waals surface area contributed by atoms with E-state index in [-0.39, 0.29) is 119 Å². The minimum absolute atomic E-state index is 0.000947. The number of anilines is 1. The highest BCUT2D eigenvalue weighted by atomic mass is 16.6. The molecule has 0 unspecified atom stereocenters. The summed E-state index contributed by atoms with van der Waals surface area (Å²) >= 11 is 0. The maximum atomic E-state index is 14.0. The number of benzene rings is 1. The zero-order valence-corrected chi connectivity index (χ0v) is 55.5. The van der Waals surface area contributed by atoms with E-state index in [1.165, 1.54) is 53.1 Å². The second-order valence-corrected chi connectivity index (χ2v) is 25.5. The SMILES string of the molecule is CC[C@H](O)[C@@H](C)[C@H]1O[C@@H]1C[C@@](C)(O)/C=C/C=C(\C)[C@H]1OC(=O)C[C@H](O)CC[C@@](C)(OC(C)=O)[C@@H](OC(=O)N2CCN(CCN(C)C(=O)Oc3ccc(NC(=O)[C@H](CCCNC(N)=O)NC(=O)[C@@H](NC(=O)CCCCCN4C(=O)C=CC4=O)C(C)C)cc3)CC2)/C=C/[C@@H]1C. The van der Waals surface area contributed by atoms with Crippen molar-refractivity contribution >= 4 is 65.4 Å². The number of epoxide rings is 1. The van der Waals surface area contributed by atoms with Crippen LogP contribution in [-0.4, -0.2) is 214 Å². The average Bonchev–Trinajstić information content (AvgIpc) is 1.73. The number of hydrogen-bond donors (Lipinski definition) is 8. The van der Waals surface area contributed by atoms with E-state index in [4.69, 9.17) is 29.4 Å². The molecule has 516 valence electrons. The molecule has 4 aliphatic rings. The molecule has 93 heavy (non-hydrogen) atoms. The highest BCUT2D eigenvalue weighted by Crippen LogP contribution is 2.38. The van der Waals surface area contributed by atoms with Crippen LogP contribution in [0.4, 0.5) is 20.1 Å². The van der Waals surface area contributed by atoms with E-state index in [1.54, 1.807) is 72.0 Å². The molecule has 0 aliphatic carbocycles. The van der Waals surface area contributed by atoms with Crippen molar-refractivity contribution in [2.24, 2.45) is 23.5 Å². The van der Waals surface area contributed by atoms with E-state index in [0.29, 0.717) is 63.0 Å². The van der Waals surface area contributed by atoms with Crippen molar-refractivity contribution in [1.29, 1.82) is 0 Å². The number of ether oxygens (including phenoxy) is 5. The highest BCUT2D eigenvalue weighted by Gasteiger charge is 2.47. The number of nitrogens with zero attached hydrogens (tertiary/aromatic N) is 4. The van der Waals surface area contributed by atoms with Crippen molar-refractivity contribution < 1.29 is 86.9 Å². The number of carbonyl (C=O) groups excluding carboxylic acids is 10. The summed E-state index contributed by atoms with van der Waals surface area (Å²) in [6.07, 6.45) is 7.98. The number of urea groups is 1. The van der Waals surface area contributed by atoms with Crippen LogP contribution in [0.25, 0.3) is 0 Å². The number of imide groups is 1. The maximum absolute atomic E-state index is 14.0. The van der Waals surface area contributed by atoms with Crippen molar-refractivity contribution in [2.75, 3.05) is 64.7 Å². The number of allylic oxidation sites excluding steroid dienone is 2. The molecule has 2 fully saturated rings. The Labute approximate surface area is 545 Å². The molecule has 9 N–H and O–H groups in total. The Morgan fingerprint density at radius 2 is 1.60 bits per heavy atom. The number of nitrogens with one attached hydrogen (secondary N) is 4. The predicted octanol–water partition coefficient (Wildman–Crippen LogP) is 4.53. The van der Waals surface area contributed by atoms with Crippen LogP contribution in [0, 0.1) is 17.8 Å². The predicted molar refractivity (Wildman–Crippen MR) is 342 cm³/mol. The van der Waals surface area contributed by atoms with E-state index < -0.39 is 95.6 Å². The van der Waals surface area contributed by atoms with Crippen LogP contribution in [0.3, 0.4) is 0 Å². The van der Waals surface area contributed by atoms with Gasteiger partial charge < -0.3 is 75.8 Å². The van der Waals surface area contributed by atoms with Crippen LogP contribution in [0.1, 0.15) is 133 Å². The summed E-state index contributed by atoms with van der Waals surface area (Å²) in [7, 11) is 1.58. The van der Waals surface area contributed by atoms with Gasteiger partial charge in [-0.3, -0.25) is 43.4 Å². The highest BCUT2D eigenvalue weighted by molar-refractivity contribution is 6.12. The molecule has 0 saturated carbocycles. The Morgan fingerprint density at radius 1 is 0.925 bits per heavy atom. The first kappa shape index (κ1) is 76.0. The summed E-state index contributed by atoms with van der Waals surface area (Å²) < 4.78 is 29.4. The molecule has 4 aliphatic heterocycles. The second-order valence-electron chi connectivity index (χ2n) is 25.5. The summed E-state index contributed by atoms with van der Waals surface area (Å²) in [5, 5.41) is 43.2. The maximum Gasteiger partial charge on any atom is 0.415 e. The van der Waals surface area contributed by atoms with Gasteiger partial charge in [0.2, 0.25) is 17.7 Å². The van der Waals surface area contributed by atoms with Crippen LogP contribution in [0.15, 0.2) is 72.4 Å². The number of nitrogens with two attached hydrogens (primary N) is 1. The third-order valence-corrected chi connectivity index (χ3v) is 17.0. The van der Waals surface area contributed by atoms with E-state index in [1.807, 2.05) is 20.8 Å². The van der Waals surface area contributed by atoms with E-state index in [2.05, 4.69) is 26.2 Å². The lowest BCUT2D eigenvalue weighted by Crippen LogP contribution is -2.54. The van der Waals surface area contributed by atoms with Gasteiger partial charge in [-0.2, -0.15) is 0 Å². The standard InChI is InChI=1S/C66H99N9O18/c1-11-50(78)44(6)59-51(90-59)40-65(8,88)29-15-17-42(4)58-43(5)20-25-52(66(9,93-45(7)76)30-28-47(77)39-56(82)92-58)91-64(87)74-37-35-73(36-38-74)34-33-72(10)63(86)89-48-23-21-46(22-24-48)69-60(83)49(18-16-31-68-62(67)85)70-61(84)57(41(2)3)71-53(79)19-13-12-14-32-75-54(80)26-27-55(75)81/h15,17,20-27,29,41,43-44,47,49-52,57-59,77-78,88H,11-14,16,18-19,28,30-40H2,1-10H3,(H,69,83)(H,70,84)(H,71,79)(H3,67,68,85)/b25-20+,29-15+,42-17+/t43-,44+,47+,49-,50-,51+,52-,57-,58+,59+,65-,66+/m0/s1. The van der Waals surface area contributed by atoms with Crippen LogP contribution in [-0.2, 0) is 52.5 Å². The molecule has 1 aromatic carbocycles. The van der Waals surface area contributed by atoms with E-state index in [9.17, 15) is 63.3 Å². The summed E-state index contributed by atoms with van der Waals surface area (Å²) in [4.78, 5) is 135. The molecule has 1 aromatic rings. The minimum atomic E-state index is -1.46. The largest absolute Gasteiger partial charge is 0.457 e. The monoisotopic (exact) mass is 1310 g/mol. The van der Waals surface area contributed by atoms with Crippen molar-refractivity contribution in [3.05, 3.63) is 72.4 Å². The van der Waals surface area contributed by atoms with Crippen LogP contribution in [0.2, 0.25) is 0 Å². The van der Waals surface area contributed by atoms with Crippen molar-refractivity contribution in [1.82, 2.24) is 35.6 Å². The van der Waals surface area contributed by atoms with Gasteiger partial charge in [-0.05, 0) is 108 Å². The lowest BCUT2D eigenvalue weighted by molar-refractivity contribution is -0.168. The van der Waals surface area contributed by atoms with Crippen LogP contribution >= 0.6 is 0 Å². The first-order valence-electron chi connectivity index (χ1n) is 32.2. The molecule has 2 saturated heterocycles. The van der Waals surface area contributed by atoms with Crippen molar-refractivity contribution in [3.63, 3.8) is 0 Å². The second kappa shape index (κ2) is 36.1. The number of aliphatic hydroxyl groups excluding tert-OH is 2. The zero-order chi connectivity index (χ0) is 68.7. The van der Waals surface area contributed by atoms with Crippen LogP contribution < -0.4 is 31.7 Å². The number of esters is 2. The molecular weight excluding hydrogens is 1210 g/mol. The number of amides is 9. The van der Waals surface area contributed by atoms with Gasteiger partial charge in [-0.25, -0.2) is 14.4 Å². The van der Waals surface area contributed by atoms with Gasteiger partial charge in [0.25, 0.3) is 11.8 Å². The lowest BCUT2D eigenvalue weighted by Gasteiger charge is -2.39. The van der Waals surface area contributed by atoms with Gasteiger partial charge in [-0.15, -0.1) is 0 Å². The van der Waals surface area contributed by atoms with Gasteiger partial charge in [-0.1, -0.05) is 65.3 Å².